The number of nitrogens with one attached hydrogen (secondary N) is 2. The number of benzene rings is 4. The van der Waals surface area contributed by atoms with E-state index in [4.69, 9.17) is 14.5 Å². The van der Waals surface area contributed by atoms with Crippen LogP contribution in [0.2, 0.25) is 0 Å². The van der Waals surface area contributed by atoms with E-state index in [0.29, 0.717) is 24.1 Å². The topological polar surface area (TPSA) is 91.9 Å². The summed E-state index contributed by atoms with van der Waals surface area (Å²) in [6.45, 7) is 11.8. The maximum Gasteiger partial charge on any atom is 0.262 e. The molecule has 1 aliphatic heterocycles. The molecule has 246 valence electrons. The van der Waals surface area contributed by atoms with Gasteiger partial charge in [0.1, 0.15) is 12.2 Å². The monoisotopic (exact) mass is 642 g/mol. The molecule has 6 rings (SSSR count). The fraction of sp³-hybridized carbons (Fsp3) is 0.256. The molecule has 9 heteroatoms. The van der Waals surface area contributed by atoms with Crippen molar-refractivity contribution < 1.29 is 14.3 Å². The summed E-state index contributed by atoms with van der Waals surface area (Å²) in [5.41, 5.74) is 5.89. The Morgan fingerprint density at radius 1 is 0.812 bits per heavy atom. The Labute approximate surface area is 282 Å². The van der Waals surface area contributed by atoms with Gasteiger partial charge in [0.2, 0.25) is 11.8 Å². The van der Waals surface area contributed by atoms with Crippen molar-refractivity contribution in [1.82, 2.24) is 14.9 Å². The Hall–Kier alpha value is -5.41. The fourth-order valence-electron chi connectivity index (χ4n) is 5.78. The zero-order chi connectivity index (χ0) is 33.3. The van der Waals surface area contributed by atoms with Crippen LogP contribution in [0.3, 0.4) is 0 Å². The van der Waals surface area contributed by atoms with Crippen molar-refractivity contribution in [3.63, 3.8) is 0 Å². The lowest BCUT2D eigenvalue weighted by molar-refractivity contribution is 0.102. The number of hydrogen-bond acceptors (Lipinski definition) is 8. The van der Waals surface area contributed by atoms with Crippen LogP contribution in [0.15, 0.2) is 103 Å². The smallest absolute Gasteiger partial charge is 0.262 e. The van der Waals surface area contributed by atoms with Gasteiger partial charge in [0.05, 0.1) is 0 Å². The first kappa shape index (κ1) is 32.5. The van der Waals surface area contributed by atoms with Gasteiger partial charge in [-0.1, -0.05) is 67.6 Å². The van der Waals surface area contributed by atoms with E-state index >= 15 is 0 Å². The molecule has 0 atom stereocenters. The molecule has 5 aromatic rings. The third-order valence-electron chi connectivity index (χ3n) is 8.41. The van der Waals surface area contributed by atoms with Crippen LogP contribution in [0.25, 0.3) is 0 Å². The van der Waals surface area contributed by atoms with Gasteiger partial charge in [-0.2, -0.15) is 4.98 Å². The Bertz CT molecular complexity index is 1800. The van der Waals surface area contributed by atoms with Crippen molar-refractivity contribution in [3.8, 4) is 17.4 Å². The van der Waals surface area contributed by atoms with Crippen molar-refractivity contribution >= 4 is 28.9 Å². The van der Waals surface area contributed by atoms with Gasteiger partial charge in [-0.15, -0.1) is 0 Å². The van der Waals surface area contributed by atoms with Crippen LogP contribution >= 0.6 is 0 Å². The number of amides is 1. The van der Waals surface area contributed by atoms with Crippen LogP contribution in [0.4, 0.5) is 23.0 Å². The molecule has 1 aromatic heterocycles. The highest BCUT2D eigenvalue weighted by molar-refractivity contribution is 6.06. The summed E-state index contributed by atoms with van der Waals surface area (Å²) in [6, 6.07) is 31.4. The molecule has 0 bridgehead atoms. The van der Waals surface area contributed by atoms with Gasteiger partial charge in [-0.05, 0) is 79.9 Å². The second-order valence-electron chi connectivity index (χ2n) is 12.0. The van der Waals surface area contributed by atoms with Crippen molar-refractivity contribution in [2.24, 2.45) is 0 Å². The van der Waals surface area contributed by atoms with Crippen LogP contribution in [0.1, 0.15) is 40.4 Å². The number of nitrogens with zero attached hydrogens (tertiary/aromatic N) is 4. The van der Waals surface area contributed by atoms with Crippen molar-refractivity contribution in [3.05, 3.63) is 126 Å². The molecule has 0 unspecified atom stereocenters. The van der Waals surface area contributed by atoms with Crippen molar-refractivity contribution in [2.45, 2.75) is 33.8 Å². The van der Waals surface area contributed by atoms with E-state index in [1.165, 1.54) is 18.3 Å². The quantitative estimate of drug-likeness (QED) is 0.142. The summed E-state index contributed by atoms with van der Waals surface area (Å²) in [7, 11) is 0. The van der Waals surface area contributed by atoms with E-state index < -0.39 is 0 Å². The van der Waals surface area contributed by atoms with E-state index in [1.807, 2.05) is 92.7 Å². The van der Waals surface area contributed by atoms with Gasteiger partial charge < -0.3 is 25.0 Å². The van der Waals surface area contributed by atoms with E-state index in [2.05, 4.69) is 44.5 Å². The summed E-state index contributed by atoms with van der Waals surface area (Å²) in [6.07, 6.45) is 2.67. The van der Waals surface area contributed by atoms with E-state index in [-0.39, 0.29) is 17.4 Å². The largest absolute Gasteiger partial charge is 0.485 e. The third kappa shape index (κ3) is 8.11. The maximum absolute atomic E-state index is 13.7. The average Bonchev–Trinajstić information content (AvgIpc) is 3.11. The zero-order valence-electron chi connectivity index (χ0n) is 27.8. The number of hydrogen-bond donors (Lipinski definition) is 2. The van der Waals surface area contributed by atoms with Gasteiger partial charge in [-0.25, -0.2) is 4.98 Å². The lowest BCUT2D eigenvalue weighted by atomic mass is 10.1. The Balaban J connectivity index is 1.24. The second kappa shape index (κ2) is 15.5. The Kier molecular flexibility index (Phi) is 10.5. The number of piperazine rings is 1. The Morgan fingerprint density at radius 3 is 2.21 bits per heavy atom. The molecule has 4 aromatic carbocycles. The number of para-hydroxylation sites is 3. The second-order valence-corrected chi connectivity index (χ2v) is 12.0. The summed E-state index contributed by atoms with van der Waals surface area (Å²) in [5, 5.41) is 6.33. The highest BCUT2D eigenvalue weighted by atomic mass is 16.5. The lowest BCUT2D eigenvalue weighted by Crippen LogP contribution is -2.46. The highest BCUT2D eigenvalue weighted by Crippen LogP contribution is 2.34. The molecule has 0 spiro atoms. The highest BCUT2D eigenvalue weighted by Gasteiger charge is 2.21. The number of anilines is 4. The van der Waals surface area contributed by atoms with Gasteiger partial charge in [-0.3, -0.25) is 9.69 Å². The summed E-state index contributed by atoms with van der Waals surface area (Å²) < 4.78 is 12.5. The van der Waals surface area contributed by atoms with Crippen LogP contribution in [0, 0.1) is 13.8 Å². The van der Waals surface area contributed by atoms with Gasteiger partial charge in [0, 0.05) is 49.4 Å². The predicted molar refractivity (Wildman–Crippen MR) is 192 cm³/mol. The summed E-state index contributed by atoms with van der Waals surface area (Å²) in [4.78, 5) is 27.8. The first-order valence-corrected chi connectivity index (χ1v) is 16.5. The van der Waals surface area contributed by atoms with Crippen LogP contribution in [-0.2, 0) is 6.61 Å². The molecule has 2 heterocycles. The number of carbonyl (C=O) groups is 1. The van der Waals surface area contributed by atoms with Crippen LogP contribution in [-0.4, -0.2) is 53.5 Å². The first-order chi connectivity index (χ1) is 23.5. The van der Waals surface area contributed by atoms with E-state index in [1.54, 1.807) is 6.07 Å². The average molecular weight is 643 g/mol. The van der Waals surface area contributed by atoms with Gasteiger partial charge in [0.15, 0.2) is 11.5 Å². The molecule has 0 aliphatic carbocycles. The minimum absolute atomic E-state index is 0.105. The fourth-order valence-corrected chi connectivity index (χ4v) is 5.78. The number of aryl methyl sites for hydroxylation is 2. The number of aromatic nitrogens is 2. The maximum atomic E-state index is 13.7. The van der Waals surface area contributed by atoms with E-state index in [9.17, 15) is 4.79 Å². The van der Waals surface area contributed by atoms with Crippen molar-refractivity contribution in [1.29, 1.82) is 0 Å². The number of carbonyl (C=O) groups excluding carboxylic acids is 1. The standard InChI is InChI=1S/C39H42N6O3/c1-4-21-44-22-24-45(25-23-44)32-19-17-31(18-20-32)41-39-40-26-33(37(46)42-36-28(2)11-10-12-29(36)3)38(43-39)48-35-16-9-8-15-34(35)47-27-30-13-6-5-7-14-30/h5-20,26H,4,21-25,27H2,1-3H3,(H,42,46)(H,40,41,43). The summed E-state index contributed by atoms with van der Waals surface area (Å²) >= 11 is 0. The molecule has 48 heavy (non-hydrogen) atoms. The first-order valence-electron chi connectivity index (χ1n) is 16.5. The molecule has 0 radical (unpaired) electrons. The zero-order valence-corrected chi connectivity index (χ0v) is 27.8. The molecule has 9 nitrogen and oxygen atoms in total. The normalized spacial score (nSPS) is 13.2. The van der Waals surface area contributed by atoms with Crippen molar-refractivity contribution in [2.75, 3.05) is 48.3 Å². The molecule has 1 saturated heterocycles. The van der Waals surface area contributed by atoms with Gasteiger partial charge in [0.25, 0.3) is 5.91 Å². The van der Waals surface area contributed by atoms with Crippen LogP contribution in [0.5, 0.6) is 17.4 Å². The minimum Gasteiger partial charge on any atom is -0.485 e. The molecular formula is C39H42N6O3. The third-order valence-corrected chi connectivity index (χ3v) is 8.41. The molecule has 1 amide bonds. The lowest BCUT2D eigenvalue weighted by Gasteiger charge is -2.36. The molecule has 2 N–H and O–H groups in total. The van der Waals surface area contributed by atoms with E-state index in [0.717, 1.165) is 60.8 Å². The molecule has 0 saturated carbocycles. The Morgan fingerprint density at radius 2 is 1.50 bits per heavy atom. The molecular weight excluding hydrogens is 600 g/mol. The molecule has 1 aliphatic rings. The number of rotatable bonds is 12. The minimum atomic E-state index is -0.375. The molecule has 1 fully saturated rings. The number of ether oxygens (including phenoxy) is 2. The van der Waals surface area contributed by atoms with Crippen LogP contribution < -0.4 is 25.0 Å². The predicted octanol–water partition coefficient (Wildman–Crippen LogP) is 7.99. The SMILES string of the molecule is CCCN1CCN(c2ccc(Nc3ncc(C(=O)Nc4c(C)cccc4C)c(Oc4ccccc4OCc4ccccc4)n3)cc2)CC1. The van der Waals surface area contributed by atoms with Gasteiger partial charge >= 0.3 is 0 Å². The summed E-state index contributed by atoms with van der Waals surface area (Å²) in [5.74, 6) is 0.995.